The van der Waals surface area contributed by atoms with Crippen molar-refractivity contribution in [1.82, 2.24) is 0 Å². The summed E-state index contributed by atoms with van der Waals surface area (Å²) < 4.78 is 2.64. The van der Waals surface area contributed by atoms with Crippen LogP contribution < -0.4 is 4.90 Å². The predicted octanol–water partition coefficient (Wildman–Crippen LogP) is 15.3. The summed E-state index contributed by atoms with van der Waals surface area (Å²) in [4.78, 5) is 2.39. The van der Waals surface area contributed by atoms with E-state index in [9.17, 15) is 0 Å². The Morgan fingerprint density at radius 2 is 0.889 bits per heavy atom. The lowest BCUT2D eigenvalue weighted by Crippen LogP contribution is -2.11. The van der Waals surface area contributed by atoms with E-state index in [-0.39, 0.29) is 0 Å². The zero-order valence-electron chi connectivity index (χ0n) is 29.6. The average molecular weight is 706 g/mol. The molecule has 0 radical (unpaired) electrons. The van der Waals surface area contributed by atoms with Crippen molar-refractivity contribution in [2.24, 2.45) is 0 Å². The fraction of sp³-hybridized carbons (Fsp3) is 0. The van der Waals surface area contributed by atoms with Crippen LogP contribution in [0.5, 0.6) is 0 Å². The maximum absolute atomic E-state index is 2.39. The number of nitrogens with zero attached hydrogens (tertiary/aromatic N) is 1. The van der Waals surface area contributed by atoms with Crippen LogP contribution in [-0.4, -0.2) is 0 Å². The van der Waals surface area contributed by atoms with Crippen LogP contribution in [0.15, 0.2) is 212 Å². The largest absolute Gasteiger partial charge is 0.310 e. The molecule has 254 valence electrons. The fourth-order valence-electron chi connectivity index (χ4n) is 7.84. The lowest BCUT2D eigenvalue weighted by molar-refractivity contribution is 1.28. The van der Waals surface area contributed by atoms with E-state index >= 15 is 0 Å². The standard InChI is InChI=1S/C52H35NS/c1-3-13-36(14-4-1)38-25-29-43(30-26-38)53(49-21-11-9-19-45(49)39-16-5-2-6-17-39)44-31-27-40(28-32-44)46-33-34-48-47-20-10-12-22-50(47)54-52(48)51(46)42-24-23-37-15-7-8-18-41(37)35-42/h1-35H. The van der Waals surface area contributed by atoms with Crippen LogP contribution in [-0.2, 0) is 0 Å². The minimum absolute atomic E-state index is 1.10. The van der Waals surface area contributed by atoms with Crippen LogP contribution in [0, 0.1) is 0 Å². The molecule has 0 N–H and O–H groups in total. The van der Waals surface area contributed by atoms with Crippen molar-refractivity contribution in [3.05, 3.63) is 212 Å². The van der Waals surface area contributed by atoms with Gasteiger partial charge in [-0.25, -0.2) is 0 Å². The second-order valence-electron chi connectivity index (χ2n) is 13.7. The highest BCUT2D eigenvalue weighted by Gasteiger charge is 2.20. The van der Waals surface area contributed by atoms with E-state index in [1.807, 2.05) is 11.3 Å². The third-order valence-electron chi connectivity index (χ3n) is 10.5. The van der Waals surface area contributed by atoms with Gasteiger partial charge in [-0.3, -0.25) is 0 Å². The summed E-state index contributed by atoms with van der Waals surface area (Å²) >= 11 is 1.89. The van der Waals surface area contributed by atoms with Gasteiger partial charge in [0.05, 0.1) is 5.69 Å². The average Bonchev–Trinajstić information content (AvgIpc) is 3.63. The number of hydrogen-bond acceptors (Lipinski definition) is 2. The zero-order chi connectivity index (χ0) is 35.8. The zero-order valence-corrected chi connectivity index (χ0v) is 30.4. The molecule has 54 heavy (non-hydrogen) atoms. The molecule has 2 heteroatoms. The minimum atomic E-state index is 1.10. The molecular weight excluding hydrogens is 671 g/mol. The Bertz CT molecular complexity index is 2910. The third kappa shape index (κ3) is 5.74. The van der Waals surface area contributed by atoms with Crippen LogP contribution in [0.4, 0.5) is 17.1 Å². The summed E-state index contributed by atoms with van der Waals surface area (Å²) in [5, 5.41) is 5.12. The summed E-state index contributed by atoms with van der Waals surface area (Å²) in [6.45, 7) is 0. The molecule has 0 aliphatic carbocycles. The lowest BCUT2D eigenvalue weighted by Gasteiger charge is -2.28. The van der Waals surface area contributed by atoms with Crippen molar-refractivity contribution in [1.29, 1.82) is 0 Å². The second kappa shape index (κ2) is 13.7. The monoisotopic (exact) mass is 705 g/mol. The van der Waals surface area contributed by atoms with Crippen LogP contribution >= 0.6 is 11.3 Å². The van der Waals surface area contributed by atoms with E-state index in [4.69, 9.17) is 0 Å². The maximum Gasteiger partial charge on any atom is 0.0540 e. The molecule has 0 saturated heterocycles. The number of fused-ring (bicyclic) bond motifs is 4. The smallest absolute Gasteiger partial charge is 0.0540 e. The molecule has 0 saturated carbocycles. The highest BCUT2D eigenvalue weighted by Crippen LogP contribution is 2.47. The summed E-state index contributed by atoms with van der Waals surface area (Å²) in [5.41, 5.74) is 13.1. The Morgan fingerprint density at radius 1 is 0.333 bits per heavy atom. The van der Waals surface area contributed by atoms with Gasteiger partial charge >= 0.3 is 0 Å². The minimum Gasteiger partial charge on any atom is -0.310 e. The van der Waals surface area contributed by atoms with Crippen LogP contribution in [0.2, 0.25) is 0 Å². The Morgan fingerprint density at radius 3 is 1.65 bits per heavy atom. The summed E-state index contributed by atoms with van der Waals surface area (Å²) in [6, 6.07) is 77.1. The number of benzene rings is 9. The van der Waals surface area contributed by atoms with Crippen molar-refractivity contribution in [3.63, 3.8) is 0 Å². The molecule has 0 amide bonds. The molecule has 0 unspecified atom stereocenters. The Labute approximate surface area is 319 Å². The molecule has 10 aromatic rings. The van der Waals surface area contributed by atoms with Gasteiger partial charge < -0.3 is 4.90 Å². The van der Waals surface area contributed by atoms with Crippen molar-refractivity contribution in [3.8, 4) is 44.5 Å². The van der Waals surface area contributed by atoms with Gasteiger partial charge in [0, 0.05) is 42.7 Å². The van der Waals surface area contributed by atoms with Gasteiger partial charge in [0.2, 0.25) is 0 Å². The van der Waals surface area contributed by atoms with E-state index in [0.717, 1.165) is 17.1 Å². The van der Waals surface area contributed by atoms with Gasteiger partial charge in [0.15, 0.2) is 0 Å². The highest BCUT2D eigenvalue weighted by atomic mass is 32.1. The van der Waals surface area contributed by atoms with Crippen LogP contribution in [0.25, 0.3) is 75.5 Å². The van der Waals surface area contributed by atoms with Gasteiger partial charge in [0.25, 0.3) is 0 Å². The number of hydrogen-bond donors (Lipinski definition) is 0. The SMILES string of the molecule is c1ccc(-c2ccc(N(c3ccc(-c4ccc5c(sc6ccccc65)c4-c4ccc5ccccc5c4)cc3)c3ccccc3-c3ccccc3)cc2)cc1. The molecule has 1 nitrogen and oxygen atoms in total. The number of para-hydroxylation sites is 1. The molecule has 0 aliphatic rings. The van der Waals surface area contributed by atoms with Crippen molar-refractivity contribution >= 4 is 59.3 Å². The summed E-state index contributed by atoms with van der Waals surface area (Å²) in [6.07, 6.45) is 0. The molecule has 1 aromatic heterocycles. The van der Waals surface area contributed by atoms with Crippen molar-refractivity contribution in [2.75, 3.05) is 4.90 Å². The van der Waals surface area contributed by atoms with E-state index < -0.39 is 0 Å². The molecule has 9 aromatic carbocycles. The van der Waals surface area contributed by atoms with Gasteiger partial charge in [-0.2, -0.15) is 0 Å². The number of anilines is 3. The van der Waals surface area contributed by atoms with Crippen LogP contribution in [0.1, 0.15) is 0 Å². The van der Waals surface area contributed by atoms with E-state index in [1.54, 1.807) is 0 Å². The van der Waals surface area contributed by atoms with E-state index in [2.05, 4.69) is 217 Å². The maximum atomic E-state index is 2.39. The Hall–Kier alpha value is -6.74. The quantitative estimate of drug-likeness (QED) is 0.160. The first-order valence-corrected chi connectivity index (χ1v) is 19.2. The summed E-state index contributed by atoms with van der Waals surface area (Å²) in [7, 11) is 0. The first-order valence-electron chi connectivity index (χ1n) is 18.4. The summed E-state index contributed by atoms with van der Waals surface area (Å²) in [5.74, 6) is 0. The lowest BCUT2D eigenvalue weighted by atomic mass is 9.91. The Kier molecular flexibility index (Phi) is 8.09. The molecule has 0 spiro atoms. The fourth-order valence-corrected chi connectivity index (χ4v) is 9.11. The van der Waals surface area contributed by atoms with E-state index in [0.29, 0.717) is 0 Å². The van der Waals surface area contributed by atoms with Crippen molar-refractivity contribution < 1.29 is 0 Å². The normalized spacial score (nSPS) is 11.3. The van der Waals surface area contributed by atoms with E-state index in [1.165, 1.54) is 75.5 Å². The molecule has 0 aliphatic heterocycles. The molecular formula is C52H35NS. The van der Waals surface area contributed by atoms with Crippen LogP contribution in [0.3, 0.4) is 0 Å². The molecule has 0 fully saturated rings. The topological polar surface area (TPSA) is 3.24 Å². The van der Waals surface area contributed by atoms with Gasteiger partial charge in [0.1, 0.15) is 0 Å². The van der Waals surface area contributed by atoms with Gasteiger partial charge in [-0.1, -0.05) is 170 Å². The van der Waals surface area contributed by atoms with Gasteiger partial charge in [-0.15, -0.1) is 11.3 Å². The van der Waals surface area contributed by atoms with Crippen molar-refractivity contribution in [2.45, 2.75) is 0 Å². The second-order valence-corrected chi connectivity index (χ2v) is 14.8. The third-order valence-corrected chi connectivity index (χ3v) is 11.7. The predicted molar refractivity (Wildman–Crippen MR) is 233 cm³/mol. The molecule has 0 bridgehead atoms. The molecule has 0 atom stereocenters. The number of rotatable bonds is 7. The first-order chi connectivity index (χ1) is 26.8. The molecule has 10 rings (SSSR count). The first kappa shape index (κ1) is 32.0. The molecule has 1 heterocycles. The number of thiophene rings is 1. The van der Waals surface area contributed by atoms with Gasteiger partial charge in [-0.05, 0) is 86.6 Å². The Balaban J connectivity index is 1.13. The highest BCUT2D eigenvalue weighted by molar-refractivity contribution is 7.26.